The summed E-state index contributed by atoms with van der Waals surface area (Å²) in [7, 11) is 0. The largest absolute Gasteiger partial charge is 0.493 e. The number of hydrogen-bond acceptors (Lipinski definition) is 5. The number of nitrogens with zero attached hydrogens (tertiary/aromatic N) is 3. The number of carbonyl (C=O) groups excluding carboxylic acids is 1. The van der Waals surface area contributed by atoms with Crippen molar-refractivity contribution in [1.82, 2.24) is 9.55 Å². The van der Waals surface area contributed by atoms with Gasteiger partial charge in [-0.1, -0.05) is 44.9 Å². The van der Waals surface area contributed by atoms with Crippen LogP contribution < -0.4 is 9.64 Å². The Bertz CT molecular complexity index is 1500. The first-order chi connectivity index (χ1) is 19.5. The number of esters is 1. The van der Waals surface area contributed by atoms with Gasteiger partial charge in [-0.15, -0.1) is 0 Å². The Morgan fingerprint density at radius 1 is 0.975 bits per heavy atom. The number of para-hydroxylation sites is 1. The van der Waals surface area contributed by atoms with Crippen molar-refractivity contribution >= 4 is 22.6 Å². The molecule has 0 spiro atoms. The summed E-state index contributed by atoms with van der Waals surface area (Å²) in [6, 6.07) is 18.3. The number of unbranched alkanes of at least 4 members (excludes halogenated alkanes) is 2. The lowest BCUT2D eigenvalue weighted by Gasteiger charge is -2.32. The van der Waals surface area contributed by atoms with Gasteiger partial charge in [0.2, 0.25) is 5.60 Å². The van der Waals surface area contributed by atoms with E-state index >= 15 is 0 Å². The van der Waals surface area contributed by atoms with Crippen molar-refractivity contribution in [3.63, 3.8) is 0 Å². The van der Waals surface area contributed by atoms with E-state index in [1.54, 1.807) is 12.3 Å². The molecule has 3 heterocycles. The molecular weight excluding hydrogens is 498 g/mol. The van der Waals surface area contributed by atoms with Crippen LogP contribution in [-0.2, 0) is 16.9 Å². The Hall–Kier alpha value is -3.80. The van der Waals surface area contributed by atoms with Gasteiger partial charge in [0.15, 0.2) is 0 Å². The molecule has 40 heavy (non-hydrogen) atoms. The Morgan fingerprint density at radius 2 is 1.73 bits per heavy atom. The minimum atomic E-state index is -1.24. The fraction of sp³-hybridized carbons (Fsp3) is 0.412. The first kappa shape index (κ1) is 27.8. The number of aryl methyl sites for hydroxylation is 1. The molecule has 0 saturated carbocycles. The Kier molecular flexibility index (Phi) is 8.15. The second-order valence-electron chi connectivity index (χ2n) is 10.5. The second kappa shape index (κ2) is 11.7. The summed E-state index contributed by atoms with van der Waals surface area (Å²) in [5.74, 6) is 0.354. The van der Waals surface area contributed by atoms with E-state index in [2.05, 4.69) is 73.6 Å². The van der Waals surface area contributed by atoms with Gasteiger partial charge in [-0.3, -0.25) is 4.98 Å². The van der Waals surface area contributed by atoms with Crippen LogP contribution in [0.2, 0.25) is 0 Å². The zero-order valence-electron chi connectivity index (χ0n) is 24.5. The van der Waals surface area contributed by atoms with Crippen molar-refractivity contribution in [2.24, 2.45) is 0 Å². The Labute approximate surface area is 237 Å². The van der Waals surface area contributed by atoms with Crippen LogP contribution in [-0.4, -0.2) is 35.2 Å². The minimum Gasteiger partial charge on any atom is -0.493 e. The van der Waals surface area contributed by atoms with Gasteiger partial charge in [0, 0.05) is 65.3 Å². The molecule has 4 aromatic rings. The molecule has 1 aliphatic heterocycles. The number of ether oxygens (including phenoxy) is 2. The van der Waals surface area contributed by atoms with E-state index in [1.165, 1.54) is 0 Å². The van der Waals surface area contributed by atoms with E-state index in [0.29, 0.717) is 17.9 Å². The highest BCUT2D eigenvalue weighted by Gasteiger charge is 2.54. The molecular formula is C34H41N3O3. The van der Waals surface area contributed by atoms with E-state index in [0.717, 1.165) is 84.5 Å². The highest BCUT2D eigenvalue weighted by molar-refractivity contribution is 5.98. The molecule has 5 rings (SSSR count). The van der Waals surface area contributed by atoms with Gasteiger partial charge < -0.3 is 18.9 Å². The molecule has 6 nitrogen and oxygen atoms in total. The van der Waals surface area contributed by atoms with Crippen LogP contribution in [0.25, 0.3) is 10.9 Å². The molecule has 1 aliphatic rings. The molecule has 0 saturated heterocycles. The molecule has 1 unspecified atom stereocenters. The summed E-state index contributed by atoms with van der Waals surface area (Å²) in [4.78, 5) is 20.8. The molecule has 0 bridgehead atoms. The van der Waals surface area contributed by atoms with Crippen LogP contribution in [0.1, 0.15) is 86.3 Å². The maximum Gasteiger partial charge on any atom is 0.341 e. The average Bonchev–Trinajstić information content (AvgIpc) is 3.43. The number of hydrogen-bond donors (Lipinski definition) is 0. The lowest BCUT2D eigenvalue weighted by molar-refractivity contribution is 0.0238. The van der Waals surface area contributed by atoms with Crippen molar-refractivity contribution < 1.29 is 14.3 Å². The quantitative estimate of drug-likeness (QED) is 0.173. The molecule has 2 aromatic carbocycles. The summed E-state index contributed by atoms with van der Waals surface area (Å²) >= 11 is 0. The van der Waals surface area contributed by atoms with Crippen LogP contribution >= 0.6 is 0 Å². The number of carbonyl (C=O) groups is 1. The summed E-state index contributed by atoms with van der Waals surface area (Å²) < 4.78 is 15.2. The third-order valence-electron chi connectivity index (χ3n) is 8.08. The van der Waals surface area contributed by atoms with Crippen molar-refractivity contribution in [3.8, 4) is 5.75 Å². The third kappa shape index (κ3) is 4.53. The lowest BCUT2D eigenvalue weighted by Crippen LogP contribution is -2.32. The van der Waals surface area contributed by atoms with Crippen molar-refractivity contribution in [1.29, 1.82) is 0 Å². The predicted octanol–water partition coefficient (Wildman–Crippen LogP) is 7.63. The third-order valence-corrected chi connectivity index (χ3v) is 8.08. The maximum absolute atomic E-state index is 13.5. The van der Waals surface area contributed by atoms with Gasteiger partial charge in [0.1, 0.15) is 11.4 Å². The second-order valence-corrected chi connectivity index (χ2v) is 10.5. The van der Waals surface area contributed by atoms with Crippen LogP contribution in [0.3, 0.4) is 0 Å². The lowest BCUT2D eigenvalue weighted by atomic mass is 9.80. The summed E-state index contributed by atoms with van der Waals surface area (Å²) in [6.07, 6.45) is 6.28. The summed E-state index contributed by atoms with van der Waals surface area (Å²) in [5, 5.41) is 1.05. The molecule has 210 valence electrons. The molecule has 1 atom stereocenters. The molecule has 0 aliphatic carbocycles. The summed E-state index contributed by atoms with van der Waals surface area (Å²) in [6.45, 7) is 14.0. The molecule has 6 heteroatoms. The fourth-order valence-electron chi connectivity index (χ4n) is 6.20. The first-order valence-electron chi connectivity index (χ1n) is 14.8. The fourth-order valence-corrected chi connectivity index (χ4v) is 6.20. The zero-order chi connectivity index (χ0) is 28.3. The van der Waals surface area contributed by atoms with E-state index in [1.807, 2.05) is 19.1 Å². The van der Waals surface area contributed by atoms with E-state index in [4.69, 9.17) is 14.5 Å². The normalized spacial score (nSPS) is 16.3. The first-order valence-corrected chi connectivity index (χ1v) is 14.8. The predicted molar refractivity (Wildman–Crippen MR) is 162 cm³/mol. The van der Waals surface area contributed by atoms with E-state index in [9.17, 15) is 4.79 Å². The standard InChI is InChI=1S/C34H41N3O3/c1-6-10-21-36(22-11-7-2)25-18-19-28(30(23-25)39-9-4)34(32-27(33(38)40-34)16-14-20-35-32)31-24(5)37(8-3)29-17-13-12-15-26(29)31/h12-20,23H,6-11,21-22H2,1-5H3. The average molecular weight is 540 g/mol. The van der Waals surface area contributed by atoms with Gasteiger partial charge >= 0.3 is 5.97 Å². The van der Waals surface area contributed by atoms with E-state index < -0.39 is 5.60 Å². The van der Waals surface area contributed by atoms with Crippen LogP contribution in [0.15, 0.2) is 60.8 Å². The van der Waals surface area contributed by atoms with Crippen LogP contribution in [0.4, 0.5) is 5.69 Å². The van der Waals surface area contributed by atoms with Crippen molar-refractivity contribution in [2.45, 2.75) is 72.4 Å². The van der Waals surface area contributed by atoms with Crippen LogP contribution in [0, 0.1) is 6.92 Å². The van der Waals surface area contributed by atoms with Gasteiger partial charge in [0.25, 0.3) is 0 Å². The number of anilines is 1. The Morgan fingerprint density at radius 3 is 2.42 bits per heavy atom. The molecule has 0 amide bonds. The monoisotopic (exact) mass is 539 g/mol. The number of fused-ring (bicyclic) bond motifs is 2. The molecule has 0 radical (unpaired) electrons. The summed E-state index contributed by atoms with van der Waals surface area (Å²) in [5.41, 5.74) is 4.90. The van der Waals surface area contributed by atoms with Crippen LogP contribution in [0.5, 0.6) is 5.75 Å². The van der Waals surface area contributed by atoms with Gasteiger partial charge in [0.05, 0.1) is 12.2 Å². The van der Waals surface area contributed by atoms with Crippen molar-refractivity contribution in [2.75, 3.05) is 24.6 Å². The molecule has 2 aromatic heterocycles. The maximum atomic E-state index is 13.5. The minimum absolute atomic E-state index is 0.366. The SMILES string of the molecule is CCCCN(CCCC)c1ccc(C2(c3c(C)n(CC)c4ccccc34)OC(=O)c3cccnc32)c(OCC)c1. The smallest absolute Gasteiger partial charge is 0.341 e. The zero-order valence-corrected chi connectivity index (χ0v) is 24.5. The number of pyridine rings is 1. The van der Waals surface area contributed by atoms with Gasteiger partial charge in [-0.25, -0.2) is 4.79 Å². The highest BCUT2D eigenvalue weighted by atomic mass is 16.6. The molecule has 0 fully saturated rings. The number of rotatable bonds is 12. The Balaban J connectivity index is 1.80. The number of cyclic esters (lactones) is 1. The number of benzene rings is 2. The van der Waals surface area contributed by atoms with Gasteiger partial charge in [-0.2, -0.15) is 0 Å². The molecule has 0 N–H and O–H groups in total. The van der Waals surface area contributed by atoms with E-state index in [-0.39, 0.29) is 5.97 Å². The topological polar surface area (TPSA) is 56.6 Å². The van der Waals surface area contributed by atoms with Gasteiger partial charge in [-0.05, 0) is 63.9 Å². The van der Waals surface area contributed by atoms with Crippen molar-refractivity contribution in [3.05, 3.63) is 88.9 Å². The number of aromatic nitrogens is 2. The highest BCUT2D eigenvalue weighted by Crippen LogP contribution is 2.52.